The van der Waals surface area contributed by atoms with Crippen LogP contribution in [-0.4, -0.2) is 16.0 Å². The molecule has 2 heterocycles. The van der Waals surface area contributed by atoms with E-state index in [2.05, 4.69) is 20.6 Å². The van der Waals surface area contributed by atoms with Crippen LogP contribution in [0.25, 0.3) is 0 Å². The number of aromatic amines is 1. The van der Waals surface area contributed by atoms with Gasteiger partial charge in [-0.2, -0.15) is 18.3 Å². The van der Waals surface area contributed by atoms with Gasteiger partial charge in [-0.1, -0.05) is 24.3 Å². The number of H-pyrrole nitrogens is 1. The third kappa shape index (κ3) is 3.51. The number of nitrogens with one attached hydrogen (secondary N) is 2. The molecule has 0 spiro atoms. The number of aryl methyl sites for hydroxylation is 1. The molecule has 1 aliphatic heterocycles. The average molecular weight is 371 g/mol. The van der Waals surface area contributed by atoms with Crippen LogP contribution < -0.4 is 10.4 Å². The van der Waals surface area contributed by atoms with Crippen LogP contribution in [0.15, 0.2) is 59.6 Å². The summed E-state index contributed by atoms with van der Waals surface area (Å²) in [6.07, 6.45) is -4.36. The Morgan fingerprint density at radius 3 is 2.48 bits per heavy atom. The van der Waals surface area contributed by atoms with Crippen LogP contribution in [0.1, 0.15) is 22.4 Å². The van der Waals surface area contributed by atoms with E-state index in [-0.39, 0.29) is 0 Å². The van der Waals surface area contributed by atoms with Gasteiger partial charge in [-0.05, 0) is 36.8 Å². The van der Waals surface area contributed by atoms with Gasteiger partial charge in [-0.3, -0.25) is 15.5 Å². The Hall–Kier alpha value is -3.29. The first-order chi connectivity index (χ1) is 12.9. The Bertz CT molecular complexity index is 989. The number of anilines is 1. The molecule has 0 saturated heterocycles. The minimum atomic E-state index is -4.36. The third-order valence-electron chi connectivity index (χ3n) is 4.27. The highest BCUT2D eigenvalue weighted by atomic mass is 19.4. The average Bonchev–Trinajstić information content (AvgIpc) is 3.06. The molecule has 2 aromatic carbocycles. The highest BCUT2D eigenvalue weighted by Gasteiger charge is 2.30. The Morgan fingerprint density at radius 1 is 1.07 bits per heavy atom. The monoisotopic (exact) mass is 371 g/mol. The molecule has 0 amide bonds. The number of rotatable bonds is 2. The number of hydrogen-bond donors (Lipinski definition) is 2. The highest BCUT2D eigenvalue weighted by molar-refractivity contribution is 6.03. The second kappa shape index (κ2) is 6.46. The summed E-state index contributed by atoms with van der Waals surface area (Å²) in [5.74, 6) is 1.11. The highest BCUT2D eigenvalue weighted by Crippen LogP contribution is 2.31. The number of hydrogen-bond acceptors (Lipinski definition) is 3. The summed E-state index contributed by atoms with van der Waals surface area (Å²) in [6, 6.07) is 14.6. The Morgan fingerprint density at radius 2 is 1.81 bits per heavy atom. The van der Waals surface area contributed by atoms with Gasteiger partial charge in [0.15, 0.2) is 11.7 Å². The van der Waals surface area contributed by atoms with E-state index in [0.717, 1.165) is 29.0 Å². The zero-order chi connectivity index (χ0) is 19.0. The van der Waals surface area contributed by atoms with Crippen molar-refractivity contribution in [1.82, 2.24) is 15.6 Å². The summed E-state index contributed by atoms with van der Waals surface area (Å²) in [6.45, 7) is 2.38. The topological polar surface area (TPSA) is 56.3 Å². The van der Waals surface area contributed by atoms with Crippen LogP contribution in [0.4, 0.5) is 24.7 Å². The largest absolute Gasteiger partial charge is 0.416 e. The predicted octanol–water partition coefficient (Wildman–Crippen LogP) is 4.34. The summed E-state index contributed by atoms with van der Waals surface area (Å²) < 4.78 is 38.4. The molecule has 0 saturated carbocycles. The number of hydrazine groups is 1. The quantitative estimate of drug-likeness (QED) is 0.705. The number of aliphatic imine (C=N–C) groups is 1. The summed E-state index contributed by atoms with van der Waals surface area (Å²) in [5.41, 5.74) is 5.96. The Labute approximate surface area is 153 Å². The van der Waals surface area contributed by atoms with Gasteiger partial charge in [-0.25, -0.2) is 4.99 Å². The number of alkyl halides is 3. The molecule has 8 heteroatoms. The van der Waals surface area contributed by atoms with Crippen LogP contribution in [-0.2, 0) is 12.7 Å². The van der Waals surface area contributed by atoms with E-state index in [0.29, 0.717) is 23.9 Å². The van der Waals surface area contributed by atoms with Crippen molar-refractivity contribution in [2.24, 2.45) is 4.99 Å². The lowest BCUT2D eigenvalue weighted by Crippen LogP contribution is -2.46. The van der Waals surface area contributed by atoms with E-state index < -0.39 is 11.7 Å². The van der Waals surface area contributed by atoms with Gasteiger partial charge in [0, 0.05) is 17.3 Å². The van der Waals surface area contributed by atoms with Crippen molar-refractivity contribution in [1.29, 1.82) is 0 Å². The molecule has 5 nitrogen and oxygen atoms in total. The Kier molecular flexibility index (Phi) is 4.10. The second-order valence-electron chi connectivity index (χ2n) is 6.27. The van der Waals surface area contributed by atoms with Crippen LogP contribution >= 0.6 is 0 Å². The summed E-state index contributed by atoms with van der Waals surface area (Å²) in [4.78, 5) is 4.55. The predicted molar refractivity (Wildman–Crippen MR) is 96.7 cm³/mol. The molecule has 27 heavy (non-hydrogen) atoms. The van der Waals surface area contributed by atoms with Gasteiger partial charge in [0.05, 0.1) is 17.8 Å². The minimum absolute atomic E-state index is 0.500. The van der Waals surface area contributed by atoms with Crippen molar-refractivity contribution in [3.05, 3.63) is 77.0 Å². The molecule has 1 aliphatic rings. The smallest absolute Gasteiger partial charge is 0.282 e. The van der Waals surface area contributed by atoms with Crippen LogP contribution in [0, 0.1) is 6.92 Å². The lowest BCUT2D eigenvalue weighted by atomic mass is 10.0. The third-order valence-corrected chi connectivity index (χ3v) is 4.27. The molecule has 0 radical (unpaired) electrons. The normalized spacial score (nSPS) is 15.6. The van der Waals surface area contributed by atoms with Gasteiger partial charge >= 0.3 is 6.18 Å². The zero-order valence-corrected chi connectivity index (χ0v) is 14.4. The van der Waals surface area contributed by atoms with Crippen molar-refractivity contribution in [2.45, 2.75) is 19.6 Å². The number of amidine groups is 1. The maximum Gasteiger partial charge on any atom is 0.416 e. The summed E-state index contributed by atoms with van der Waals surface area (Å²) >= 11 is 0. The van der Waals surface area contributed by atoms with Crippen LogP contribution in [0.5, 0.6) is 0 Å². The van der Waals surface area contributed by atoms with Crippen LogP contribution in [0.3, 0.4) is 0 Å². The molecular formula is C19H16F3N5. The minimum Gasteiger partial charge on any atom is -0.282 e. The summed E-state index contributed by atoms with van der Waals surface area (Å²) in [5, 5.41) is 8.73. The van der Waals surface area contributed by atoms with E-state index in [4.69, 9.17) is 0 Å². The van der Waals surface area contributed by atoms with Crippen molar-refractivity contribution in [2.75, 3.05) is 5.01 Å². The number of halogens is 3. The van der Waals surface area contributed by atoms with Crippen molar-refractivity contribution >= 4 is 17.3 Å². The van der Waals surface area contributed by atoms with Gasteiger partial charge in [0.1, 0.15) is 0 Å². The molecule has 0 fully saturated rings. The number of nitrogens with zero attached hydrogens (tertiary/aromatic N) is 3. The zero-order valence-electron chi connectivity index (χ0n) is 14.4. The second-order valence-corrected chi connectivity index (χ2v) is 6.27. The number of benzene rings is 2. The standard InChI is InChI=1S/C19H16F3N5/c1-12-10-17(25-24-12)23-18-16-5-3-2-4-13(16)11-27(26-18)15-8-6-14(7-9-15)19(20,21)22/h2-10H,11H2,1H3,(H2,23,24,25,26). The van der Waals surface area contributed by atoms with E-state index in [1.807, 2.05) is 37.3 Å². The SMILES string of the molecule is Cc1cc(N=C2NN(c3ccc(C(F)(F)F)cc3)Cc3ccccc32)n[nH]1. The maximum absolute atomic E-state index is 12.8. The molecular weight excluding hydrogens is 355 g/mol. The maximum atomic E-state index is 12.8. The fourth-order valence-electron chi connectivity index (χ4n) is 2.93. The van der Waals surface area contributed by atoms with E-state index in [1.165, 1.54) is 12.1 Å². The van der Waals surface area contributed by atoms with Crippen molar-refractivity contribution < 1.29 is 13.2 Å². The van der Waals surface area contributed by atoms with Crippen molar-refractivity contribution in [3.63, 3.8) is 0 Å². The molecule has 138 valence electrons. The van der Waals surface area contributed by atoms with E-state index in [9.17, 15) is 13.2 Å². The lowest BCUT2D eigenvalue weighted by molar-refractivity contribution is -0.137. The van der Waals surface area contributed by atoms with Gasteiger partial charge in [0.25, 0.3) is 0 Å². The first-order valence-electron chi connectivity index (χ1n) is 8.30. The summed E-state index contributed by atoms with van der Waals surface area (Å²) in [7, 11) is 0. The van der Waals surface area contributed by atoms with Crippen LogP contribution in [0.2, 0.25) is 0 Å². The molecule has 0 unspecified atom stereocenters. The first-order valence-corrected chi connectivity index (χ1v) is 8.30. The molecule has 0 bridgehead atoms. The van der Waals surface area contributed by atoms with Gasteiger partial charge in [0.2, 0.25) is 0 Å². The number of aromatic nitrogens is 2. The van der Waals surface area contributed by atoms with Crippen molar-refractivity contribution in [3.8, 4) is 0 Å². The van der Waals surface area contributed by atoms with E-state index in [1.54, 1.807) is 5.01 Å². The van der Waals surface area contributed by atoms with Gasteiger partial charge < -0.3 is 0 Å². The fourth-order valence-corrected chi connectivity index (χ4v) is 2.93. The molecule has 2 N–H and O–H groups in total. The fraction of sp³-hybridized carbons (Fsp3) is 0.158. The Balaban J connectivity index is 1.69. The van der Waals surface area contributed by atoms with Gasteiger partial charge in [-0.15, -0.1) is 0 Å². The van der Waals surface area contributed by atoms with E-state index >= 15 is 0 Å². The number of fused-ring (bicyclic) bond motifs is 1. The molecule has 0 atom stereocenters. The molecule has 3 aromatic rings. The first kappa shape index (κ1) is 17.1. The lowest BCUT2D eigenvalue weighted by Gasteiger charge is -2.33. The molecule has 1 aromatic heterocycles. The molecule has 0 aliphatic carbocycles. The molecule has 4 rings (SSSR count).